The summed E-state index contributed by atoms with van der Waals surface area (Å²) in [6, 6.07) is 13.4. The normalized spacial score (nSPS) is 14.4. The lowest BCUT2D eigenvalue weighted by molar-refractivity contribution is -0.104. The van der Waals surface area contributed by atoms with Gasteiger partial charge in [-0.3, -0.25) is 4.79 Å². The fraction of sp³-hybridized carbons (Fsp3) is 0.0476. The van der Waals surface area contributed by atoms with Crippen LogP contribution in [0.3, 0.4) is 0 Å². The summed E-state index contributed by atoms with van der Waals surface area (Å²) < 4.78 is 0. The van der Waals surface area contributed by atoms with Crippen molar-refractivity contribution >= 4 is 47.0 Å². The smallest absolute Gasteiger partial charge is 0.150 e. The number of carbonyl (C=O) groups excluding carboxylic acids is 1. The molecule has 3 rings (SSSR count). The van der Waals surface area contributed by atoms with Gasteiger partial charge in [-0.05, 0) is 37.3 Å². The number of allylic oxidation sites excluding steroid dienone is 4. The van der Waals surface area contributed by atoms with Crippen LogP contribution in [0, 0.1) is 0 Å². The fourth-order valence-corrected chi connectivity index (χ4v) is 4.01. The minimum absolute atomic E-state index is 0.469. The molecule has 0 saturated carbocycles. The Morgan fingerprint density at radius 1 is 1.15 bits per heavy atom. The summed E-state index contributed by atoms with van der Waals surface area (Å²) >= 11 is 14.1. The molecular weight excluding hydrogens is 385 g/mol. The van der Waals surface area contributed by atoms with Gasteiger partial charge in [0.1, 0.15) is 6.29 Å². The number of rotatable bonds is 4. The number of hydrogen-bond acceptors (Lipinski definition) is 3. The predicted octanol–water partition coefficient (Wildman–Crippen LogP) is 6.48. The number of fused-ring (bicyclic) bond motifs is 1. The molecule has 1 aliphatic heterocycles. The molecule has 0 fully saturated rings. The second-order valence-electron chi connectivity index (χ2n) is 5.59. The van der Waals surface area contributed by atoms with Gasteiger partial charge in [-0.2, -0.15) is 0 Å². The third-order valence-electron chi connectivity index (χ3n) is 3.86. The molecule has 2 aromatic rings. The van der Waals surface area contributed by atoms with Crippen molar-refractivity contribution in [3.05, 3.63) is 98.5 Å². The molecule has 2 nitrogen and oxygen atoms in total. The van der Waals surface area contributed by atoms with Gasteiger partial charge >= 0.3 is 0 Å². The molecule has 0 spiro atoms. The van der Waals surface area contributed by atoms with Crippen molar-refractivity contribution in [1.29, 1.82) is 0 Å². The third-order valence-corrected chi connectivity index (χ3v) is 5.50. The number of nitrogens with zero attached hydrogens (tertiary/aromatic N) is 1. The number of aldehydes is 1. The number of thioether (sulfide) groups is 1. The Bertz CT molecular complexity index is 979. The van der Waals surface area contributed by atoms with E-state index in [-0.39, 0.29) is 0 Å². The van der Waals surface area contributed by atoms with Crippen LogP contribution in [0.1, 0.15) is 18.1 Å². The van der Waals surface area contributed by atoms with E-state index in [9.17, 15) is 4.79 Å². The highest BCUT2D eigenvalue weighted by Gasteiger charge is 2.20. The molecule has 0 N–H and O–H groups in total. The molecule has 130 valence electrons. The Balaban J connectivity index is 2.28. The van der Waals surface area contributed by atoms with Crippen LogP contribution >= 0.6 is 35.0 Å². The van der Waals surface area contributed by atoms with E-state index in [4.69, 9.17) is 28.2 Å². The molecule has 0 amide bonds. The molecule has 0 aliphatic carbocycles. The summed E-state index contributed by atoms with van der Waals surface area (Å²) in [6.45, 7) is 5.65. The van der Waals surface area contributed by atoms with Gasteiger partial charge < -0.3 is 0 Å². The number of aliphatic imine (C=N–C) groups is 1. The second kappa shape index (κ2) is 8.09. The number of hydrogen-bond donors (Lipinski definition) is 0. The predicted molar refractivity (Wildman–Crippen MR) is 111 cm³/mol. The van der Waals surface area contributed by atoms with Crippen molar-refractivity contribution in [3.63, 3.8) is 0 Å². The van der Waals surface area contributed by atoms with E-state index in [0.29, 0.717) is 21.3 Å². The van der Waals surface area contributed by atoms with Crippen LogP contribution in [0.4, 0.5) is 0 Å². The zero-order valence-corrected chi connectivity index (χ0v) is 16.3. The largest absolute Gasteiger partial charge is 0.298 e. The van der Waals surface area contributed by atoms with Crippen LogP contribution in [0.2, 0.25) is 10.0 Å². The van der Waals surface area contributed by atoms with Gasteiger partial charge in [0, 0.05) is 31.5 Å². The average molecular weight is 400 g/mol. The minimum Gasteiger partial charge on any atom is -0.298 e. The lowest BCUT2D eigenvalue weighted by Gasteiger charge is -2.11. The summed E-state index contributed by atoms with van der Waals surface area (Å²) in [5, 5.41) is 1.09. The molecule has 0 aromatic heterocycles. The van der Waals surface area contributed by atoms with E-state index in [2.05, 4.69) is 6.58 Å². The monoisotopic (exact) mass is 399 g/mol. The second-order valence-corrected chi connectivity index (χ2v) is 7.69. The van der Waals surface area contributed by atoms with Gasteiger partial charge in [0.15, 0.2) is 0 Å². The molecule has 0 radical (unpaired) electrons. The van der Waals surface area contributed by atoms with Gasteiger partial charge in [-0.15, -0.1) is 0 Å². The van der Waals surface area contributed by atoms with E-state index in [1.54, 1.807) is 30.0 Å². The fourth-order valence-electron chi connectivity index (χ4n) is 2.55. The van der Waals surface area contributed by atoms with Crippen LogP contribution in [0.25, 0.3) is 0 Å². The van der Waals surface area contributed by atoms with Gasteiger partial charge in [0.2, 0.25) is 0 Å². The molecule has 0 bridgehead atoms. The van der Waals surface area contributed by atoms with Crippen LogP contribution in [0.15, 0.2) is 87.3 Å². The lowest BCUT2D eigenvalue weighted by atomic mass is 10.0. The first-order valence-corrected chi connectivity index (χ1v) is 9.42. The van der Waals surface area contributed by atoms with Crippen molar-refractivity contribution in [2.24, 2.45) is 4.99 Å². The number of benzene rings is 2. The zero-order valence-electron chi connectivity index (χ0n) is 14.0. The Labute approximate surface area is 166 Å². The molecule has 26 heavy (non-hydrogen) atoms. The van der Waals surface area contributed by atoms with Crippen molar-refractivity contribution < 1.29 is 4.79 Å². The minimum atomic E-state index is 0.469. The highest BCUT2D eigenvalue weighted by Crippen LogP contribution is 2.38. The molecule has 2 aromatic carbocycles. The van der Waals surface area contributed by atoms with Crippen LogP contribution in [-0.2, 0) is 4.79 Å². The summed E-state index contributed by atoms with van der Waals surface area (Å²) in [6.07, 6.45) is 4.01. The van der Waals surface area contributed by atoms with Gasteiger partial charge in [0.05, 0.1) is 16.4 Å². The summed E-state index contributed by atoms with van der Waals surface area (Å²) in [7, 11) is 0. The van der Waals surface area contributed by atoms with Crippen molar-refractivity contribution in [2.45, 2.75) is 11.8 Å². The highest BCUT2D eigenvalue weighted by atomic mass is 35.5. The SMILES string of the molecule is C=C/C(C=O)=C\C1=C(C)Sc2ccccc2C(c2ccc(Cl)cc2Cl)=N1. The molecular formula is C21H15Cl2NOS. The summed E-state index contributed by atoms with van der Waals surface area (Å²) in [5.41, 5.74) is 3.68. The Kier molecular flexibility index (Phi) is 5.82. The van der Waals surface area contributed by atoms with E-state index >= 15 is 0 Å². The Morgan fingerprint density at radius 2 is 1.92 bits per heavy atom. The molecule has 1 aliphatic rings. The first-order chi connectivity index (χ1) is 12.5. The maximum atomic E-state index is 11.2. The van der Waals surface area contributed by atoms with E-state index in [0.717, 1.165) is 32.9 Å². The topological polar surface area (TPSA) is 29.4 Å². The molecule has 0 atom stereocenters. The van der Waals surface area contributed by atoms with Crippen LogP contribution in [0.5, 0.6) is 0 Å². The highest BCUT2D eigenvalue weighted by molar-refractivity contribution is 8.03. The molecule has 0 saturated heterocycles. The molecule has 0 unspecified atom stereocenters. The first kappa shape index (κ1) is 18.7. The third kappa shape index (κ3) is 3.85. The zero-order chi connectivity index (χ0) is 18.7. The molecule has 1 heterocycles. The van der Waals surface area contributed by atoms with Gasteiger partial charge in [-0.1, -0.05) is 65.8 Å². The Morgan fingerprint density at radius 3 is 2.62 bits per heavy atom. The van der Waals surface area contributed by atoms with Crippen molar-refractivity contribution in [3.8, 4) is 0 Å². The van der Waals surface area contributed by atoms with Crippen molar-refractivity contribution in [2.75, 3.05) is 0 Å². The van der Waals surface area contributed by atoms with E-state index in [1.165, 1.54) is 6.08 Å². The van der Waals surface area contributed by atoms with Crippen LogP contribution in [-0.4, -0.2) is 12.0 Å². The van der Waals surface area contributed by atoms with E-state index < -0.39 is 0 Å². The van der Waals surface area contributed by atoms with Crippen molar-refractivity contribution in [1.82, 2.24) is 0 Å². The molecule has 5 heteroatoms. The Hall–Kier alpha value is -2.07. The maximum Gasteiger partial charge on any atom is 0.150 e. The van der Waals surface area contributed by atoms with E-state index in [1.807, 2.05) is 37.3 Å². The summed E-state index contributed by atoms with van der Waals surface area (Å²) in [5.74, 6) is 0. The lowest BCUT2D eigenvalue weighted by Crippen LogP contribution is -2.05. The maximum absolute atomic E-state index is 11.2. The standard InChI is InChI=1S/C21H15Cl2NOS/c1-3-14(12-25)10-19-13(2)26-20-7-5-4-6-17(20)21(24-19)16-9-8-15(22)11-18(16)23/h3-12H,1H2,2H3/b14-10+. The summed E-state index contributed by atoms with van der Waals surface area (Å²) in [4.78, 5) is 18.1. The van der Waals surface area contributed by atoms with Gasteiger partial charge in [-0.25, -0.2) is 4.99 Å². The average Bonchev–Trinajstić information content (AvgIpc) is 2.76. The van der Waals surface area contributed by atoms with Crippen LogP contribution < -0.4 is 0 Å². The number of halogens is 2. The van der Waals surface area contributed by atoms with Gasteiger partial charge in [0.25, 0.3) is 0 Å². The quantitative estimate of drug-likeness (QED) is 0.334. The number of carbonyl (C=O) groups is 1. The first-order valence-electron chi connectivity index (χ1n) is 7.85.